The number of fused-ring (bicyclic) bond motifs is 3. The van der Waals surface area contributed by atoms with Crippen molar-refractivity contribution in [1.82, 2.24) is 14.8 Å². The normalized spacial score (nSPS) is 17.7. The molecular formula is C32H41N3O6. The average molecular weight is 564 g/mol. The summed E-state index contributed by atoms with van der Waals surface area (Å²) >= 11 is 0. The summed E-state index contributed by atoms with van der Waals surface area (Å²) in [5, 5.41) is 4.36. The van der Waals surface area contributed by atoms with Gasteiger partial charge in [-0.05, 0) is 63.6 Å². The van der Waals surface area contributed by atoms with E-state index in [0.717, 1.165) is 72.7 Å². The Kier molecular flexibility index (Phi) is 8.97. The van der Waals surface area contributed by atoms with E-state index in [0.29, 0.717) is 31.9 Å². The van der Waals surface area contributed by atoms with E-state index in [1.807, 2.05) is 58.0 Å². The largest absolute Gasteiger partial charge is 0.492 e. The molecule has 1 saturated heterocycles. The van der Waals surface area contributed by atoms with Crippen molar-refractivity contribution in [2.45, 2.75) is 52.3 Å². The van der Waals surface area contributed by atoms with Gasteiger partial charge in [0.05, 0.1) is 25.4 Å². The Morgan fingerprint density at radius 2 is 1.83 bits per heavy atom. The second-order valence-corrected chi connectivity index (χ2v) is 11.5. The molecule has 3 aromatic rings. The SMILES string of the molecule is CCOC(=O)C1NCCc2c1c1cc(OCCN3CCOCC3)ccc1n2Cc1ccc(C(=O)OC(C)(C)C)cc1. The van der Waals surface area contributed by atoms with Gasteiger partial charge in [-0.1, -0.05) is 12.1 Å². The van der Waals surface area contributed by atoms with Crippen LogP contribution in [0.4, 0.5) is 0 Å². The molecule has 220 valence electrons. The predicted molar refractivity (Wildman–Crippen MR) is 156 cm³/mol. The number of hydrogen-bond acceptors (Lipinski definition) is 8. The third kappa shape index (κ3) is 6.92. The lowest BCUT2D eigenvalue weighted by Gasteiger charge is -2.26. The van der Waals surface area contributed by atoms with Crippen LogP contribution in [0.2, 0.25) is 0 Å². The van der Waals surface area contributed by atoms with E-state index in [2.05, 4.69) is 26.9 Å². The summed E-state index contributed by atoms with van der Waals surface area (Å²) in [4.78, 5) is 27.9. The maximum absolute atomic E-state index is 13.0. The zero-order valence-corrected chi connectivity index (χ0v) is 24.5. The molecule has 0 spiro atoms. The molecule has 9 nitrogen and oxygen atoms in total. The Hall–Kier alpha value is -3.40. The van der Waals surface area contributed by atoms with Gasteiger partial charge in [-0.25, -0.2) is 9.59 Å². The number of esters is 2. The minimum atomic E-state index is -0.548. The molecule has 1 N–H and O–H groups in total. The second kappa shape index (κ2) is 12.6. The maximum Gasteiger partial charge on any atom is 0.338 e. The smallest absolute Gasteiger partial charge is 0.338 e. The first kappa shape index (κ1) is 29.1. The Morgan fingerprint density at radius 3 is 2.54 bits per heavy atom. The zero-order chi connectivity index (χ0) is 29.0. The molecule has 1 aromatic heterocycles. The van der Waals surface area contributed by atoms with Gasteiger partial charge in [0.25, 0.3) is 0 Å². The lowest BCUT2D eigenvalue weighted by Crippen LogP contribution is -2.38. The van der Waals surface area contributed by atoms with Gasteiger partial charge in [0.1, 0.15) is 24.0 Å². The molecule has 2 aliphatic heterocycles. The van der Waals surface area contributed by atoms with Gasteiger partial charge >= 0.3 is 11.9 Å². The van der Waals surface area contributed by atoms with E-state index in [9.17, 15) is 9.59 Å². The number of nitrogens with one attached hydrogen (secondary N) is 1. The topological polar surface area (TPSA) is 91.3 Å². The van der Waals surface area contributed by atoms with E-state index in [1.165, 1.54) is 0 Å². The molecule has 0 radical (unpaired) electrons. The molecule has 2 aliphatic rings. The van der Waals surface area contributed by atoms with Crippen LogP contribution in [0.3, 0.4) is 0 Å². The molecule has 0 saturated carbocycles. The Labute approximate surface area is 241 Å². The van der Waals surface area contributed by atoms with Crippen LogP contribution in [0.5, 0.6) is 5.75 Å². The van der Waals surface area contributed by atoms with Crippen LogP contribution < -0.4 is 10.1 Å². The zero-order valence-electron chi connectivity index (χ0n) is 24.5. The summed E-state index contributed by atoms with van der Waals surface area (Å²) < 4.78 is 24.9. The Bertz CT molecular complexity index is 1370. The van der Waals surface area contributed by atoms with Crippen LogP contribution in [0.25, 0.3) is 10.9 Å². The number of benzene rings is 2. The van der Waals surface area contributed by atoms with E-state index >= 15 is 0 Å². The first-order valence-corrected chi connectivity index (χ1v) is 14.5. The summed E-state index contributed by atoms with van der Waals surface area (Å²) in [5.41, 5.74) is 4.12. The van der Waals surface area contributed by atoms with Crippen molar-refractivity contribution in [2.24, 2.45) is 0 Å². The fourth-order valence-corrected chi connectivity index (χ4v) is 5.52. The number of hydrogen-bond donors (Lipinski definition) is 1. The van der Waals surface area contributed by atoms with Crippen molar-refractivity contribution < 1.29 is 28.5 Å². The first-order chi connectivity index (χ1) is 19.7. The lowest BCUT2D eigenvalue weighted by molar-refractivity contribution is -0.146. The Balaban J connectivity index is 1.43. The predicted octanol–water partition coefficient (Wildman–Crippen LogP) is 4.11. The van der Waals surface area contributed by atoms with Crippen LogP contribution in [-0.4, -0.2) is 79.6 Å². The van der Waals surface area contributed by atoms with Gasteiger partial charge in [-0.3, -0.25) is 4.90 Å². The number of carbonyl (C=O) groups is 2. The van der Waals surface area contributed by atoms with Crippen LogP contribution in [0, 0.1) is 0 Å². The molecule has 41 heavy (non-hydrogen) atoms. The summed E-state index contributed by atoms with van der Waals surface area (Å²) in [5.74, 6) is 0.172. The molecule has 0 aliphatic carbocycles. The fraction of sp³-hybridized carbons (Fsp3) is 0.500. The van der Waals surface area contributed by atoms with Crippen molar-refractivity contribution in [2.75, 3.05) is 52.6 Å². The number of carbonyl (C=O) groups excluding carboxylic acids is 2. The monoisotopic (exact) mass is 563 g/mol. The molecule has 1 unspecified atom stereocenters. The lowest BCUT2D eigenvalue weighted by atomic mass is 9.97. The highest BCUT2D eigenvalue weighted by Gasteiger charge is 2.33. The molecule has 9 heteroatoms. The number of ether oxygens (including phenoxy) is 4. The van der Waals surface area contributed by atoms with Crippen LogP contribution in [0.1, 0.15) is 60.9 Å². The maximum atomic E-state index is 13.0. The molecule has 3 heterocycles. The first-order valence-electron chi connectivity index (χ1n) is 14.5. The summed E-state index contributed by atoms with van der Waals surface area (Å²) in [6.45, 7) is 13.8. The summed E-state index contributed by atoms with van der Waals surface area (Å²) in [6.07, 6.45) is 0.781. The van der Waals surface area contributed by atoms with Gasteiger partial charge in [-0.15, -0.1) is 0 Å². The number of nitrogens with zero attached hydrogens (tertiary/aromatic N) is 2. The molecule has 1 fully saturated rings. The molecule has 2 aromatic carbocycles. The number of rotatable bonds is 9. The number of morpholine rings is 1. The van der Waals surface area contributed by atoms with E-state index < -0.39 is 11.6 Å². The van der Waals surface area contributed by atoms with Gasteiger partial charge in [0.15, 0.2) is 0 Å². The van der Waals surface area contributed by atoms with E-state index in [4.69, 9.17) is 18.9 Å². The van der Waals surface area contributed by atoms with Crippen molar-refractivity contribution >= 4 is 22.8 Å². The molecule has 5 rings (SSSR count). The van der Waals surface area contributed by atoms with Crippen LogP contribution in [0.15, 0.2) is 42.5 Å². The van der Waals surface area contributed by atoms with Gasteiger partial charge in [0.2, 0.25) is 0 Å². The summed E-state index contributed by atoms with van der Waals surface area (Å²) in [6, 6.07) is 13.1. The van der Waals surface area contributed by atoms with Gasteiger partial charge in [-0.2, -0.15) is 0 Å². The number of aromatic nitrogens is 1. The minimum absolute atomic E-state index is 0.271. The fourth-order valence-electron chi connectivity index (χ4n) is 5.52. The minimum Gasteiger partial charge on any atom is -0.492 e. The van der Waals surface area contributed by atoms with E-state index in [-0.39, 0.29) is 11.9 Å². The van der Waals surface area contributed by atoms with E-state index in [1.54, 1.807) is 0 Å². The second-order valence-electron chi connectivity index (χ2n) is 11.5. The highest BCUT2D eigenvalue weighted by atomic mass is 16.6. The van der Waals surface area contributed by atoms with Crippen molar-refractivity contribution in [3.8, 4) is 5.75 Å². The van der Waals surface area contributed by atoms with Crippen molar-refractivity contribution in [1.29, 1.82) is 0 Å². The van der Waals surface area contributed by atoms with Crippen LogP contribution in [-0.2, 0) is 32.0 Å². The Morgan fingerprint density at radius 1 is 1.07 bits per heavy atom. The van der Waals surface area contributed by atoms with Gasteiger partial charge < -0.3 is 28.8 Å². The van der Waals surface area contributed by atoms with Gasteiger partial charge in [0, 0.05) is 61.3 Å². The van der Waals surface area contributed by atoms with Crippen LogP contribution >= 0.6 is 0 Å². The average Bonchev–Trinajstić information content (AvgIpc) is 3.26. The molecule has 0 bridgehead atoms. The van der Waals surface area contributed by atoms with Crippen molar-refractivity contribution in [3.05, 3.63) is 64.8 Å². The molecule has 1 atom stereocenters. The highest BCUT2D eigenvalue weighted by Crippen LogP contribution is 2.37. The summed E-state index contributed by atoms with van der Waals surface area (Å²) in [7, 11) is 0. The molecule has 0 amide bonds. The quantitative estimate of drug-likeness (QED) is 0.389. The van der Waals surface area contributed by atoms with Crippen molar-refractivity contribution in [3.63, 3.8) is 0 Å². The standard InChI is InChI=1S/C32H41N3O6/c1-5-39-31(37)29-28-25-20-24(40-19-16-34-14-17-38-18-15-34)10-11-26(25)35(27(28)12-13-33-29)21-22-6-8-23(9-7-22)30(36)41-32(2,3)4/h6-11,20,29,33H,5,12-19,21H2,1-4H3. The third-order valence-electron chi connectivity index (χ3n) is 7.42. The molecular weight excluding hydrogens is 522 g/mol. The highest BCUT2D eigenvalue weighted by molar-refractivity contribution is 5.93. The third-order valence-corrected chi connectivity index (χ3v) is 7.42.